The summed E-state index contributed by atoms with van der Waals surface area (Å²) < 4.78 is 6.56. The number of pyridine rings is 1. The summed E-state index contributed by atoms with van der Waals surface area (Å²) in [4.78, 5) is 3.97. The SMILES string of the molecule is Cc1ccc(Oc2c(N)cncc2Br)c(C)c1. The van der Waals surface area contributed by atoms with Gasteiger partial charge in [0.15, 0.2) is 5.75 Å². The molecule has 2 N–H and O–H groups in total. The molecule has 0 saturated carbocycles. The lowest BCUT2D eigenvalue weighted by atomic mass is 10.1. The number of aryl methyl sites for hydroxylation is 2. The molecule has 0 atom stereocenters. The fourth-order valence-corrected chi connectivity index (χ4v) is 2.00. The van der Waals surface area contributed by atoms with Gasteiger partial charge in [0.05, 0.1) is 16.4 Å². The van der Waals surface area contributed by atoms with Crippen molar-refractivity contribution in [3.8, 4) is 11.5 Å². The van der Waals surface area contributed by atoms with Crippen molar-refractivity contribution in [2.45, 2.75) is 13.8 Å². The summed E-state index contributed by atoms with van der Waals surface area (Å²) in [7, 11) is 0. The Balaban J connectivity index is 2.38. The second-order valence-electron chi connectivity index (χ2n) is 3.91. The van der Waals surface area contributed by atoms with Crippen molar-refractivity contribution in [2.75, 3.05) is 5.73 Å². The predicted octanol–water partition coefficient (Wildman–Crippen LogP) is 3.84. The number of aromatic nitrogens is 1. The van der Waals surface area contributed by atoms with Crippen LogP contribution in [0.5, 0.6) is 11.5 Å². The topological polar surface area (TPSA) is 48.1 Å². The number of halogens is 1. The first-order chi connectivity index (χ1) is 8.08. The minimum Gasteiger partial charge on any atom is -0.454 e. The first kappa shape index (κ1) is 11.9. The zero-order chi connectivity index (χ0) is 12.4. The van der Waals surface area contributed by atoms with E-state index in [9.17, 15) is 0 Å². The number of hydrogen-bond donors (Lipinski definition) is 1. The molecule has 1 aromatic heterocycles. The Morgan fingerprint density at radius 1 is 1.24 bits per heavy atom. The third kappa shape index (κ3) is 2.58. The van der Waals surface area contributed by atoms with Crippen molar-refractivity contribution in [2.24, 2.45) is 0 Å². The molecule has 0 aliphatic heterocycles. The zero-order valence-corrected chi connectivity index (χ0v) is 11.3. The summed E-state index contributed by atoms with van der Waals surface area (Å²) >= 11 is 3.38. The number of hydrogen-bond acceptors (Lipinski definition) is 3. The van der Waals surface area contributed by atoms with E-state index in [0.29, 0.717) is 11.4 Å². The maximum atomic E-state index is 5.83. The maximum absolute atomic E-state index is 5.83. The zero-order valence-electron chi connectivity index (χ0n) is 9.70. The molecule has 0 fully saturated rings. The van der Waals surface area contributed by atoms with Crippen LogP contribution in [-0.4, -0.2) is 4.98 Å². The van der Waals surface area contributed by atoms with Gasteiger partial charge in [-0.25, -0.2) is 0 Å². The molecule has 0 bridgehead atoms. The number of nitrogens with two attached hydrogens (primary N) is 1. The summed E-state index contributed by atoms with van der Waals surface area (Å²) in [5.41, 5.74) is 8.63. The van der Waals surface area contributed by atoms with Crippen molar-refractivity contribution in [1.29, 1.82) is 0 Å². The van der Waals surface area contributed by atoms with Crippen LogP contribution in [0.25, 0.3) is 0 Å². The van der Waals surface area contributed by atoms with Gasteiger partial charge in [-0.1, -0.05) is 17.7 Å². The van der Waals surface area contributed by atoms with Crippen molar-refractivity contribution in [3.63, 3.8) is 0 Å². The average molecular weight is 293 g/mol. The second kappa shape index (κ2) is 4.75. The Bertz CT molecular complexity index is 535. The molecule has 88 valence electrons. The molecular formula is C13H13BrN2O. The summed E-state index contributed by atoms with van der Waals surface area (Å²) in [6.45, 7) is 4.06. The molecule has 4 heteroatoms. The fourth-order valence-electron chi connectivity index (χ4n) is 1.57. The Hall–Kier alpha value is -1.55. The van der Waals surface area contributed by atoms with Gasteiger partial charge < -0.3 is 10.5 Å². The minimum atomic E-state index is 0.513. The smallest absolute Gasteiger partial charge is 0.167 e. The Morgan fingerprint density at radius 3 is 2.65 bits per heavy atom. The van der Waals surface area contributed by atoms with Gasteiger partial charge in [0.2, 0.25) is 0 Å². The first-order valence-corrected chi connectivity index (χ1v) is 6.01. The molecule has 2 rings (SSSR count). The van der Waals surface area contributed by atoms with Gasteiger partial charge in [0.25, 0.3) is 0 Å². The molecule has 0 unspecified atom stereocenters. The lowest BCUT2D eigenvalue weighted by Gasteiger charge is -2.12. The van der Waals surface area contributed by atoms with Crippen LogP contribution in [0.3, 0.4) is 0 Å². The van der Waals surface area contributed by atoms with E-state index in [4.69, 9.17) is 10.5 Å². The number of benzene rings is 1. The molecule has 0 aliphatic rings. The van der Waals surface area contributed by atoms with Crippen LogP contribution in [0.15, 0.2) is 35.1 Å². The lowest BCUT2D eigenvalue weighted by Crippen LogP contribution is -1.95. The highest BCUT2D eigenvalue weighted by atomic mass is 79.9. The standard InChI is InChI=1S/C13H13BrN2O/c1-8-3-4-12(9(2)5-8)17-13-10(14)6-16-7-11(13)15/h3-7H,15H2,1-2H3. The summed E-state index contributed by atoms with van der Waals surface area (Å²) in [6.07, 6.45) is 3.23. The van der Waals surface area contributed by atoms with Crippen molar-refractivity contribution in [1.82, 2.24) is 4.98 Å². The molecule has 1 heterocycles. The van der Waals surface area contributed by atoms with Crippen LogP contribution in [0.2, 0.25) is 0 Å². The van der Waals surface area contributed by atoms with Crippen molar-refractivity contribution < 1.29 is 4.74 Å². The molecule has 2 aromatic rings. The third-order valence-electron chi connectivity index (χ3n) is 2.42. The van der Waals surface area contributed by atoms with Crippen LogP contribution >= 0.6 is 15.9 Å². The molecule has 0 saturated heterocycles. The normalized spacial score (nSPS) is 10.3. The van der Waals surface area contributed by atoms with E-state index in [0.717, 1.165) is 15.8 Å². The highest BCUT2D eigenvalue weighted by Gasteiger charge is 2.09. The Morgan fingerprint density at radius 2 is 2.00 bits per heavy atom. The van der Waals surface area contributed by atoms with Gasteiger partial charge in [-0.05, 0) is 41.4 Å². The number of nitrogens with zero attached hydrogens (tertiary/aromatic N) is 1. The molecule has 1 aromatic carbocycles. The molecule has 0 aliphatic carbocycles. The summed E-state index contributed by atoms with van der Waals surface area (Å²) in [5, 5.41) is 0. The Labute approximate surface area is 109 Å². The molecular weight excluding hydrogens is 280 g/mol. The third-order valence-corrected chi connectivity index (χ3v) is 2.99. The number of rotatable bonds is 2. The summed E-state index contributed by atoms with van der Waals surface area (Å²) in [5.74, 6) is 1.40. The van der Waals surface area contributed by atoms with Crippen LogP contribution < -0.4 is 10.5 Å². The fraction of sp³-hybridized carbons (Fsp3) is 0.154. The number of ether oxygens (including phenoxy) is 1. The van der Waals surface area contributed by atoms with Crippen LogP contribution in [-0.2, 0) is 0 Å². The van der Waals surface area contributed by atoms with E-state index in [1.54, 1.807) is 12.4 Å². The van der Waals surface area contributed by atoms with E-state index in [1.165, 1.54) is 5.56 Å². The van der Waals surface area contributed by atoms with E-state index in [1.807, 2.05) is 26.0 Å². The van der Waals surface area contributed by atoms with E-state index in [-0.39, 0.29) is 0 Å². The van der Waals surface area contributed by atoms with Gasteiger partial charge in [0.1, 0.15) is 5.75 Å². The van der Waals surface area contributed by atoms with Crippen LogP contribution in [0.4, 0.5) is 5.69 Å². The van der Waals surface area contributed by atoms with Gasteiger partial charge in [-0.2, -0.15) is 0 Å². The Kier molecular flexibility index (Phi) is 3.33. The number of anilines is 1. The first-order valence-electron chi connectivity index (χ1n) is 5.22. The quantitative estimate of drug-likeness (QED) is 0.915. The summed E-state index contributed by atoms with van der Waals surface area (Å²) in [6, 6.07) is 6.02. The van der Waals surface area contributed by atoms with Crippen molar-refractivity contribution >= 4 is 21.6 Å². The van der Waals surface area contributed by atoms with Gasteiger partial charge >= 0.3 is 0 Å². The van der Waals surface area contributed by atoms with E-state index in [2.05, 4.69) is 27.0 Å². The molecule has 0 spiro atoms. The van der Waals surface area contributed by atoms with Gasteiger partial charge in [0, 0.05) is 6.20 Å². The molecule has 3 nitrogen and oxygen atoms in total. The second-order valence-corrected chi connectivity index (χ2v) is 4.77. The highest BCUT2D eigenvalue weighted by Crippen LogP contribution is 2.35. The molecule has 0 amide bonds. The van der Waals surface area contributed by atoms with Crippen LogP contribution in [0.1, 0.15) is 11.1 Å². The average Bonchev–Trinajstić information content (AvgIpc) is 2.26. The lowest BCUT2D eigenvalue weighted by molar-refractivity contribution is 0.477. The maximum Gasteiger partial charge on any atom is 0.167 e. The molecule has 17 heavy (non-hydrogen) atoms. The number of nitrogen functional groups attached to an aromatic ring is 1. The monoisotopic (exact) mass is 292 g/mol. The van der Waals surface area contributed by atoms with Gasteiger partial charge in [-0.15, -0.1) is 0 Å². The largest absolute Gasteiger partial charge is 0.454 e. The predicted molar refractivity (Wildman–Crippen MR) is 72.3 cm³/mol. The highest BCUT2D eigenvalue weighted by molar-refractivity contribution is 9.10. The van der Waals surface area contributed by atoms with Crippen molar-refractivity contribution in [3.05, 3.63) is 46.2 Å². The van der Waals surface area contributed by atoms with Crippen LogP contribution in [0, 0.1) is 13.8 Å². The van der Waals surface area contributed by atoms with E-state index >= 15 is 0 Å². The molecule has 0 radical (unpaired) electrons. The minimum absolute atomic E-state index is 0.513. The van der Waals surface area contributed by atoms with E-state index < -0.39 is 0 Å². The van der Waals surface area contributed by atoms with Gasteiger partial charge in [-0.3, -0.25) is 4.98 Å².